The van der Waals surface area contributed by atoms with Gasteiger partial charge in [-0.25, -0.2) is 4.39 Å². The van der Waals surface area contributed by atoms with Crippen LogP contribution >= 0.6 is 0 Å². The lowest BCUT2D eigenvalue weighted by Crippen LogP contribution is -2.04. The molecule has 0 aliphatic heterocycles. The molecule has 0 bridgehead atoms. The number of aliphatic hydroxyl groups is 1. The summed E-state index contributed by atoms with van der Waals surface area (Å²) in [6.45, 7) is -0.271. The number of alkyl halides is 4. The second-order valence-electron chi connectivity index (χ2n) is 3.94. The first-order chi connectivity index (χ1) is 7.45. The summed E-state index contributed by atoms with van der Waals surface area (Å²) in [5, 5.41) is 8.77. The monoisotopic (exact) mass is 234 g/mol. The van der Waals surface area contributed by atoms with Crippen molar-refractivity contribution in [2.75, 3.05) is 6.61 Å². The molecule has 1 N–H and O–H groups in total. The molecule has 1 nitrogen and oxygen atoms in total. The highest BCUT2D eigenvalue weighted by molar-refractivity contribution is 5.33. The Labute approximate surface area is 89.7 Å². The first kappa shape index (κ1) is 11.4. The molecule has 3 atom stereocenters. The lowest BCUT2D eigenvalue weighted by Gasteiger charge is -2.07. The van der Waals surface area contributed by atoms with E-state index >= 15 is 0 Å². The zero-order valence-corrected chi connectivity index (χ0v) is 8.21. The first-order valence-electron chi connectivity index (χ1n) is 4.87. The molecule has 1 saturated carbocycles. The van der Waals surface area contributed by atoms with Gasteiger partial charge in [0.05, 0.1) is 5.56 Å². The van der Waals surface area contributed by atoms with Gasteiger partial charge in [0, 0.05) is 18.4 Å². The smallest absolute Gasteiger partial charge is 0.396 e. The van der Waals surface area contributed by atoms with Crippen molar-refractivity contribution in [3.8, 4) is 0 Å². The summed E-state index contributed by atoms with van der Waals surface area (Å²) in [6.07, 6.45) is -5.50. The number of hydrogen-bond acceptors (Lipinski definition) is 1. The van der Waals surface area contributed by atoms with Crippen LogP contribution in [0.5, 0.6) is 0 Å². The van der Waals surface area contributed by atoms with Crippen molar-refractivity contribution >= 4 is 0 Å². The molecule has 1 fully saturated rings. The third kappa shape index (κ3) is 1.91. The number of halogens is 4. The summed E-state index contributed by atoms with van der Waals surface area (Å²) < 4.78 is 49.8. The molecule has 0 spiro atoms. The molecular weight excluding hydrogens is 224 g/mol. The van der Waals surface area contributed by atoms with Crippen LogP contribution in [0.1, 0.15) is 17.0 Å². The maximum atomic E-state index is 13.1. The minimum atomic E-state index is -4.37. The van der Waals surface area contributed by atoms with Gasteiger partial charge in [-0.1, -0.05) is 12.1 Å². The van der Waals surface area contributed by atoms with Gasteiger partial charge in [0.25, 0.3) is 0 Å². The zero-order valence-electron chi connectivity index (χ0n) is 8.21. The molecular formula is C11H10F4O. The fraction of sp³-hybridized carbons (Fsp3) is 0.455. The summed E-state index contributed by atoms with van der Waals surface area (Å²) in [5.41, 5.74) is -0.229. The predicted octanol–water partition coefficient (Wildman–Crippen LogP) is 2.75. The topological polar surface area (TPSA) is 20.2 Å². The van der Waals surface area contributed by atoms with Crippen molar-refractivity contribution in [3.63, 3.8) is 0 Å². The Morgan fingerprint density at radius 2 is 1.69 bits per heavy atom. The van der Waals surface area contributed by atoms with Gasteiger partial charge < -0.3 is 5.11 Å². The summed E-state index contributed by atoms with van der Waals surface area (Å²) >= 11 is 0. The normalized spacial score (nSPS) is 29.2. The SMILES string of the molecule is OC[C@H]1[C@H](F)[C@@H]1c1ccc(C(F)(F)F)cc1. The zero-order chi connectivity index (χ0) is 11.9. The number of rotatable bonds is 2. The van der Waals surface area contributed by atoms with Gasteiger partial charge >= 0.3 is 6.18 Å². The molecule has 1 aliphatic rings. The van der Waals surface area contributed by atoms with E-state index in [2.05, 4.69) is 0 Å². The molecule has 1 aliphatic carbocycles. The molecule has 88 valence electrons. The maximum Gasteiger partial charge on any atom is 0.416 e. The third-order valence-corrected chi connectivity index (χ3v) is 2.91. The number of aliphatic hydroxyl groups excluding tert-OH is 1. The van der Waals surface area contributed by atoms with Gasteiger partial charge in [-0.3, -0.25) is 0 Å². The van der Waals surface area contributed by atoms with Crippen molar-refractivity contribution in [1.82, 2.24) is 0 Å². The molecule has 0 heterocycles. The highest BCUT2D eigenvalue weighted by atomic mass is 19.4. The lowest BCUT2D eigenvalue weighted by molar-refractivity contribution is -0.137. The Balaban J connectivity index is 2.15. The second-order valence-corrected chi connectivity index (χ2v) is 3.94. The van der Waals surface area contributed by atoms with Gasteiger partial charge in [-0.2, -0.15) is 13.2 Å². The van der Waals surface area contributed by atoms with E-state index in [0.717, 1.165) is 12.1 Å². The van der Waals surface area contributed by atoms with Crippen molar-refractivity contribution in [3.05, 3.63) is 35.4 Å². The van der Waals surface area contributed by atoms with E-state index < -0.39 is 29.7 Å². The quantitative estimate of drug-likeness (QED) is 0.780. The Kier molecular flexibility index (Phi) is 2.66. The molecule has 0 radical (unpaired) electrons. The van der Waals surface area contributed by atoms with Crippen molar-refractivity contribution < 1.29 is 22.7 Å². The van der Waals surface area contributed by atoms with Crippen LogP contribution in [-0.2, 0) is 6.18 Å². The standard InChI is InChI=1S/C11H10F4O/c12-10-8(5-16)9(10)6-1-3-7(4-2-6)11(13,14)15/h1-4,8-10,16H,5H2/t8-,9-,10+/m1/s1. The molecule has 2 rings (SSSR count). The van der Waals surface area contributed by atoms with Crippen LogP contribution in [0.4, 0.5) is 17.6 Å². The molecule has 0 saturated heterocycles. The van der Waals surface area contributed by atoms with Gasteiger partial charge in [-0.15, -0.1) is 0 Å². The highest BCUT2D eigenvalue weighted by Crippen LogP contribution is 2.50. The van der Waals surface area contributed by atoms with Gasteiger partial charge in [-0.05, 0) is 17.7 Å². The van der Waals surface area contributed by atoms with Crippen LogP contribution in [0.15, 0.2) is 24.3 Å². The van der Waals surface area contributed by atoms with Crippen molar-refractivity contribution in [2.24, 2.45) is 5.92 Å². The van der Waals surface area contributed by atoms with E-state index in [1.165, 1.54) is 12.1 Å². The molecule has 0 unspecified atom stereocenters. The minimum absolute atomic E-state index is 0.271. The lowest BCUT2D eigenvalue weighted by atomic mass is 10.1. The Morgan fingerprint density at radius 3 is 2.06 bits per heavy atom. The van der Waals surface area contributed by atoms with E-state index in [1.807, 2.05) is 0 Å². The van der Waals surface area contributed by atoms with Crippen LogP contribution in [-0.4, -0.2) is 17.9 Å². The van der Waals surface area contributed by atoms with Gasteiger partial charge in [0.2, 0.25) is 0 Å². The van der Waals surface area contributed by atoms with Crippen LogP contribution in [0.2, 0.25) is 0 Å². The van der Waals surface area contributed by atoms with E-state index in [-0.39, 0.29) is 6.61 Å². The highest BCUT2D eigenvalue weighted by Gasteiger charge is 2.51. The average Bonchev–Trinajstić information content (AvgIpc) is 2.88. The summed E-state index contributed by atoms with van der Waals surface area (Å²) in [7, 11) is 0. The van der Waals surface area contributed by atoms with Crippen molar-refractivity contribution in [1.29, 1.82) is 0 Å². The Bertz CT molecular complexity index is 371. The van der Waals surface area contributed by atoms with Crippen LogP contribution < -0.4 is 0 Å². The largest absolute Gasteiger partial charge is 0.416 e. The molecule has 5 heteroatoms. The maximum absolute atomic E-state index is 13.1. The van der Waals surface area contributed by atoms with E-state index in [1.54, 1.807) is 0 Å². The summed E-state index contributed by atoms with van der Waals surface area (Å²) in [5.74, 6) is -0.913. The average molecular weight is 234 g/mol. The third-order valence-electron chi connectivity index (χ3n) is 2.91. The summed E-state index contributed by atoms with van der Waals surface area (Å²) in [4.78, 5) is 0. The van der Waals surface area contributed by atoms with Crippen molar-refractivity contribution in [2.45, 2.75) is 18.3 Å². The minimum Gasteiger partial charge on any atom is -0.396 e. The molecule has 1 aromatic rings. The molecule has 1 aromatic carbocycles. The van der Waals surface area contributed by atoms with E-state index in [4.69, 9.17) is 5.11 Å². The summed E-state index contributed by atoms with van der Waals surface area (Å²) in [6, 6.07) is 4.43. The first-order valence-corrected chi connectivity index (χ1v) is 4.87. The Morgan fingerprint density at radius 1 is 1.12 bits per heavy atom. The van der Waals surface area contributed by atoms with E-state index in [9.17, 15) is 17.6 Å². The molecule has 0 aromatic heterocycles. The van der Waals surface area contributed by atoms with Gasteiger partial charge in [0.1, 0.15) is 6.17 Å². The second kappa shape index (κ2) is 3.73. The predicted molar refractivity (Wildman–Crippen MR) is 49.7 cm³/mol. The molecule has 0 amide bonds. The fourth-order valence-electron chi connectivity index (χ4n) is 1.87. The Hall–Kier alpha value is -1.10. The fourth-order valence-corrected chi connectivity index (χ4v) is 1.87. The van der Waals surface area contributed by atoms with E-state index in [0.29, 0.717) is 5.56 Å². The number of hydrogen-bond donors (Lipinski definition) is 1. The van der Waals surface area contributed by atoms with Crippen LogP contribution in [0.3, 0.4) is 0 Å². The van der Waals surface area contributed by atoms with Gasteiger partial charge in [0.15, 0.2) is 0 Å². The van der Waals surface area contributed by atoms with Crippen LogP contribution in [0.25, 0.3) is 0 Å². The molecule has 16 heavy (non-hydrogen) atoms. The number of benzene rings is 1. The van der Waals surface area contributed by atoms with Crippen LogP contribution in [0, 0.1) is 5.92 Å².